The smallest absolute Gasteiger partial charge is 0.310 e. The first kappa shape index (κ1) is 22.5. The van der Waals surface area contributed by atoms with E-state index >= 15 is 0 Å². The lowest BCUT2D eigenvalue weighted by Gasteiger charge is -2.11. The molecule has 166 valence electrons. The molecule has 4 rings (SSSR count). The van der Waals surface area contributed by atoms with Crippen LogP contribution in [-0.2, 0) is 29.6 Å². The van der Waals surface area contributed by atoms with E-state index in [-0.39, 0.29) is 19.0 Å². The molecule has 32 heavy (non-hydrogen) atoms. The Balaban J connectivity index is 1.81. The van der Waals surface area contributed by atoms with Gasteiger partial charge >= 0.3 is 5.97 Å². The monoisotopic (exact) mass is 469 g/mol. The Morgan fingerprint density at radius 1 is 1.25 bits per heavy atom. The maximum atomic E-state index is 12.0. The minimum Gasteiger partial charge on any atom is -0.466 e. The van der Waals surface area contributed by atoms with E-state index in [0.29, 0.717) is 11.6 Å². The Morgan fingerprint density at radius 3 is 2.75 bits per heavy atom. The van der Waals surface area contributed by atoms with Gasteiger partial charge in [-0.2, -0.15) is 5.10 Å². The predicted molar refractivity (Wildman–Crippen MR) is 127 cm³/mol. The van der Waals surface area contributed by atoms with Crippen molar-refractivity contribution in [3.63, 3.8) is 0 Å². The molecule has 2 aromatic heterocycles. The number of aliphatic hydroxyl groups is 1. The Labute approximate surface area is 195 Å². The van der Waals surface area contributed by atoms with Crippen LogP contribution < -0.4 is 0 Å². The first-order chi connectivity index (χ1) is 15.4. The Bertz CT molecular complexity index is 1300. The molecule has 6 nitrogen and oxygen atoms in total. The van der Waals surface area contributed by atoms with Crippen LogP contribution in [0.1, 0.15) is 23.7 Å². The van der Waals surface area contributed by atoms with E-state index in [1.807, 2.05) is 55.8 Å². The minimum absolute atomic E-state index is 0.0891. The molecule has 0 aliphatic heterocycles. The number of esters is 1. The fraction of sp³-hybridized carbons (Fsp3) is 0.250. The fourth-order valence-electron chi connectivity index (χ4n) is 3.77. The summed E-state index contributed by atoms with van der Waals surface area (Å²) < 4.78 is 8.99. The summed E-state index contributed by atoms with van der Waals surface area (Å²) in [6.45, 7) is 4.12. The van der Waals surface area contributed by atoms with Crippen molar-refractivity contribution in [3.8, 4) is 5.69 Å². The van der Waals surface area contributed by atoms with Crippen molar-refractivity contribution in [2.75, 3.05) is 6.61 Å². The summed E-state index contributed by atoms with van der Waals surface area (Å²) in [5.74, 6) is -0.265. The van der Waals surface area contributed by atoms with Crippen molar-refractivity contribution in [3.05, 3.63) is 70.6 Å². The molecule has 8 heteroatoms. The zero-order valence-corrected chi connectivity index (χ0v) is 19.7. The maximum Gasteiger partial charge on any atom is 0.310 e. The van der Waals surface area contributed by atoms with Gasteiger partial charge in [0.1, 0.15) is 0 Å². The van der Waals surface area contributed by atoms with Crippen molar-refractivity contribution in [2.45, 2.75) is 36.7 Å². The molecule has 0 atom stereocenters. The number of hydrogen-bond donors (Lipinski definition) is 1. The number of aryl methyl sites for hydroxylation is 1. The standard InChI is InChI=1S/C24H24ClN3O3S/c1-4-31-23(30)10-16-5-6-17(14-29)22(9-16)32-24-15(2)28(19-12-26-27(3)13-19)21-11-18(25)7-8-20(21)24/h5-9,11-13,29H,4,10,14H2,1-3H3. The number of fused-ring (bicyclic) bond motifs is 1. The molecule has 1 N–H and O–H groups in total. The quantitative estimate of drug-likeness (QED) is 0.382. The van der Waals surface area contributed by atoms with E-state index in [1.165, 1.54) is 0 Å². The second-order valence-electron chi connectivity index (χ2n) is 7.47. The summed E-state index contributed by atoms with van der Waals surface area (Å²) >= 11 is 7.90. The van der Waals surface area contributed by atoms with Crippen LogP contribution >= 0.6 is 23.4 Å². The van der Waals surface area contributed by atoms with Crippen molar-refractivity contribution >= 4 is 40.2 Å². The molecular formula is C24H24ClN3O3S. The van der Waals surface area contributed by atoms with Crippen molar-refractivity contribution in [1.29, 1.82) is 0 Å². The van der Waals surface area contributed by atoms with Gasteiger partial charge in [0, 0.05) is 39.1 Å². The molecule has 0 saturated carbocycles. The number of aromatic nitrogens is 3. The zero-order chi connectivity index (χ0) is 22.8. The molecule has 0 spiro atoms. The first-order valence-corrected chi connectivity index (χ1v) is 11.5. The number of ether oxygens (including phenoxy) is 1. The van der Waals surface area contributed by atoms with E-state index in [2.05, 4.69) is 16.6 Å². The van der Waals surface area contributed by atoms with Crippen molar-refractivity contribution in [2.24, 2.45) is 7.05 Å². The van der Waals surface area contributed by atoms with Crippen molar-refractivity contribution < 1.29 is 14.6 Å². The topological polar surface area (TPSA) is 69.3 Å². The van der Waals surface area contributed by atoms with Crippen LogP contribution in [0.3, 0.4) is 0 Å². The van der Waals surface area contributed by atoms with E-state index in [1.54, 1.807) is 23.4 Å². The van der Waals surface area contributed by atoms with Crippen molar-refractivity contribution in [1.82, 2.24) is 14.3 Å². The van der Waals surface area contributed by atoms with Gasteiger partial charge in [-0.25, -0.2) is 0 Å². The first-order valence-electron chi connectivity index (χ1n) is 10.3. The highest BCUT2D eigenvalue weighted by molar-refractivity contribution is 7.99. The highest BCUT2D eigenvalue weighted by Gasteiger charge is 2.19. The van der Waals surface area contributed by atoms with Crippen LogP contribution in [0.5, 0.6) is 0 Å². The van der Waals surface area contributed by atoms with Gasteiger partial charge in [0.05, 0.1) is 37.0 Å². The Hall–Kier alpha value is -2.74. The number of nitrogens with zero attached hydrogens (tertiary/aromatic N) is 3. The molecule has 4 aromatic rings. The van der Waals surface area contributed by atoms with Gasteiger partial charge < -0.3 is 14.4 Å². The van der Waals surface area contributed by atoms with Crippen LogP contribution in [0.25, 0.3) is 16.6 Å². The van der Waals surface area contributed by atoms with Crippen LogP contribution in [0.4, 0.5) is 0 Å². The summed E-state index contributed by atoms with van der Waals surface area (Å²) in [6, 6.07) is 11.5. The Morgan fingerprint density at radius 2 is 2.06 bits per heavy atom. The third kappa shape index (κ3) is 4.41. The van der Waals surface area contributed by atoms with Gasteiger partial charge in [-0.05, 0) is 43.2 Å². The summed E-state index contributed by atoms with van der Waals surface area (Å²) in [6.07, 6.45) is 3.97. The van der Waals surface area contributed by atoms with Crippen LogP contribution in [0.15, 0.2) is 58.6 Å². The van der Waals surface area contributed by atoms with Gasteiger partial charge in [0.2, 0.25) is 0 Å². The lowest BCUT2D eigenvalue weighted by molar-refractivity contribution is -0.142. The van der Waals surface area contributed by atoms with E-state index in [4.69, 9.17) is 16.3 Å². The molecule has 0 bridgehead atoms. The molecule has 0 fully saturated rings. The second kappa shape index (κ2) is 9.40. The van der Waals surface area contributed by atoms with Crippen LogP contribution in [0, 0.1) is 6.92 Å². The zero-order valence-electron chi connectivity index (χ0n) is 18.1. The lowest BCUT2D eigenvalue weighted by atomic mass is 10.1. The predicted octanol–water partition coefficient (Wildman–Crippen LogP) is 5.07. The minimum atomic E-state index is -0.265. The summed E-state index contributed by atoms with van der Waals surface area (Å²) in [7, 11) is 1.88. The van der Waals surface area contributed by atoms with Gasteiger partial charge in [0.25, 0.3) is 0 Å². The largest absolute Gasteiger partial charge is 0.466 e. The third-order valence-corrected chi connectivity index (χ3v) is 6.78. The highest BCUT2D eigenvalue weighted by Crippen LogP contribution is 2.41. The number of benzene rings is 2. The number of halogens is 1. The molecule has 0 aliphatic carbocycles. The third-order valence-electron chi connectivity index (χ3n) is 5.23. The molecule has 0 radical (unpaired) electrons. The molecular weight excluding hydrogens is 446 g/mol. The maximum absolute atomic E-state index is 12.0. The van der Waals surface area contributed by atoms with E-state index < -0.39 is 0 Å². The summed E-state index contributed by atoms with van der Waals surface area (Å²) in [4.78, 5) is 13.9. The van der Waals surface area contributed by atoms with Gasteiger partial charge in [0.15, 0.2) is 0 Å². The summed E-state index contributed by atoms with van der Waals surface area (Å²) in [5, 5.41) is 15.9. The van der Waals surface area contributed by atoms with Gasteiger partial charge in [-0.15, -0.1) is 0 Å². The highest BCUT2D eigenvalue weighted by atomic mass is 35.5. The number of rotatable bonds is 7. The molecule has 0 aliphatic rings. The lowest BCUT2D eigenvalue weighted by Crippen LogP contribution is -2.07. The molecule has 0 saturated heterocycles. The van der Waals surface area contributed by atoms with Crippen LogP contribution in [-0.4, -0.2) is 32.0 Å². The molecule has 0 unspecified atom stereocenters. The average molecular weight is 470 g/mol. The van der Waals surface area contributed by atoms with Gasteiger partial charge in [-0.3, -0.25) is 9.48 Å². The average Bonchev–Trinajstić information content (AvgIpc) is 3.29. The number of aliphatic hydroxyl groups excluding tert-OH is 1. The van der Waals surface area contributed by atoms with Crippen LogP contribution in [0.2, 0.25) is 5.02 Å². The normalized spacial score (nSPS) is 11.3. The fourth-order valence-corrected chi connectivity index (χ4v) is 5.15. The number of carbonyl (C=O) groups excluding carboxylic acids is 1. The van der Waals surface area contributed by atoms with Gasteiger partial charge in [-0.1, -0.05) is 41.6 Å². The SMILES string of the molecule is CCOC(=O)Cc1ccc(CO)c(Sc2c(C)n(-c3cnn(C)c3)c3cc(Cl)ccc23)c1. The molecule has 2 heterocycles. The van der Waals surface area contributed by atoms with E-state index in [0.717, 1.165) is 43.2 Å². The summed E-state index contributed by atoms with van der Waals surface area (Å²) in [5.41, 5.74) is 4.62. The molecule has 2 aromatic carbocycles. The number of hydrogen-bond acceptors (Lipinski definition) is 5. The van der Waals surface area contributed by atoms with E-state index in [9.17, 15) is 9.90 Å². The Kier molecular flexibility index (Phi) is 6.60. The molecule has 0 amide bonds. The number of carbonyl (C=O) groups is 1. The second-order valence-corrected chi connectivity index (χ2v) is 8.96.